The first-order valence-electron chi connectivity index (χ1n) is 5.07. The maximum Gasteiger partial charge on any atom is 0.417 e. The Morgan fingerprint density at radius 2 is 2.17 bits per heavy atom. The fourth-order valence-electron chi connectivity index (χ4n) is 1.61. The van der Waals surface area contributed by atoms with Crippen LogP contribution in [-0.4, -0.2) is 33.9 Å². The summed E-state index contributed by atoms with van der Waals surface area (Å²) in [7, 11) is 1.39. The van der Waals surface area contributed by atoms with Crippen LogP contribution in [0.15, 0.2) is 27.4 Å². The Morgan fingerprint density at radius 3 is 2.83 bits per heavy atom. The number of benzene rings is 1. The number of aromatic amines is 1. The summed E-state index contributed by atoms with van der Waals surface area (Å²) in [6.07, 6.45) is 0. The first kappa shape index (κ1) is 11.9. The van der Waals surface area contributed by atoms with Gasteiger partial charge in [0.25, 0.3) is 0 Å². The van der Waals surface area contributed by atoms with E-state index in [0.717, 1.165) is 4.90 Å². The normalized spacial score (nSPS) is 10.5. The zero-order valence-corrected chi connectivity index (χ0v) is 9.47. The number of carboxylic acids is 1. The van der Waals surface area contributed by atoms with E-state index in [1.807, 2.05) is 0 Å². The lowest BCUT2D eigenvalue weighted by Gasteiger charge is -2.14. The van der Waals surface area contributed by atoms with Crippen molar-refractivity contribution in [2.24, 2.45) is 0 Å². The van der Waals surface area contributed by atoms with E-state index in [-0.39, 0.29) is 6.54 Å². The molecular weight excluding hydrogens is 240 g/mol. The molecule has 0 radical (unpaired) electrons. The fraction of sp³-hybridized carbons (Fsp3) is 0.182. The van der Waals surface area contributed by atoms with Crippen molar-refractivity contribution in [3.8, 4) is 0 Å². The minimum Gasteiger partial charge on any atom is -0.474 e. The van der Waals surface area contributed by atoms with Crippen LogP contribution in [0.1, 0.15) is 5.56 Å². The van der Waals surface area contributed by atoms with Gasteiger partial charge in [-0.05, 0) is 17.7 Å². The SMILES string of the molecule is CN(Cc1ccc2oc(=O)[nH]c2c1)C(=O)C(=O)O. The van der Waals surface area contributed by atoms with Crippen LogP contribution in [0.2, 0.25) is 0 Å². The van der Waals surface area contributed by atoms with Gasteiger partial charge in [-0.15, -0.1) is 0 Å². The van der Waals surface area contributed by atoms with Gasteiger partial charge in [-0.25, -0.2) is 9.59 Å². The lowest BCUT2D eigenvalue weighted by molar-refractivity contribution is -0.155. The van der Waals surface area contributed by atoms with Crippen molar-refractivity contribution in [1.82, 2.24) is 9.88 Å². The Hall–Kier alpha value is -2.57. The molecule has 18 heavy (non-hydrogen) atoms. The van der Waals surface area contributed by atoms with Crippen LogP contribution in [0.4, 0.5) is 0 Å². The van der Waals surface area contributed by atoms with E-state index in [1.54, 1.807) is 18.2 Å². The number of likely N-dealkylation sites (N-methyl/N-ethyl adjacent to an activating group) is 1. The van der Waals surface area contributed by atoms with Gasteiger partial charge >= 0.3 is 17.6 Å². The number of oxazole rings is 1. The molecule has 0 atom stereocenters. The third-order valence-electron chi connectivity index (χ3n) is 2.43. The molecule has 1 heterocycles. The highest BCUT2D eigenvalue weighted by atomic mass is 16.4. The van der Waals surface area contributed by atoms with Crippen LogP contribution < -0.4 is 5.76 Å². The molecule has 0 saturated carbocycles. The smallest absolute Gasteiger partial charge is 0.417 e. The number of H-pyrrole nitrogens is 1. The summed E-state index contributed by atoms with van der Waals surface area (Å²) >= 11 is 0. The molecule has 0 saturated heterocycles. The van der Waals surface area contributed by atoms with Crippen molar-refractivity contribution in [2.75, 3.05) is 7.05 Å². The molecule has 0 bridgehead atoms. The molecule has 0 aliphatic heterocycles. The largest absolute Gasteiger partial charge is 0.474 e. The predicted molar refractivity (Wildman–Crippen MR) is 60.9 cm³/mol. The molecule has 1 amide bonds. The molecule has 0 aliphatic carbocycles. The predicted octanol–water partition coefficient (Wildman–Crippen LogP) is 0.164. The summed E-state index contributed by atoms with van der Waals surface area (Å²) in [6, 6.07) is 4.87. The lowest BCUT2D eigenvalue weighted by atomic mass is 10.2. The molecule has 2 N–H and O–H groups in total. The average Bonchev–Trinajstić information content (AvgIpc) is 2.67. The molecule has 2 rings (SSSR count). The van der Waals surface area contributed by atoms with E-state index in [0.29, 0.717) is 16.7 Å². The van der Waals surface area contributed by atoms with Gasteiger partial charge in [0.1, 0.15) is 0 Å². The number of carbonyl (C=O) groups is 2. The highest BCUT2D eigenvalue weighted by Crippen LogP contribution is 2.13. The Morgan fingerprint density at radius 1 is 1.44 bits per heavy atom. The number of fused-ring (bicyclic) bond motifs is 1. The lowest BCUT2D eigenvalue weighted by Crippen LogP contribution is -2.32. The Bertz CT molecular complexity index is 669. The average molecular weight is 250 g/mol. The van der Waals surface area contributed by atoms with Crippen molar-refractivity contribution >= 4 is 23.0 Å². The van der Waals surface area contributed by atoms with Crippen molar-refractivity contribution in [3.05, 3.63) is 34.3 Å². The topological polar surface area (TPSA) is 104 Å². The minimum atomic E-state index is -1.50. The first-order valence-corrected chi connectivity index (χ1v) is 5.07. The van der Waals surface area contributed by atoms with Crippen molar-refractivity contribution in [1.29, 1.82) is 0 Å². The van der Waals surface area contributed by atoms with E-state index in [1.165, 1.54) is 7.05 Å². The zero-order chi connectivity index (χ0) is 13.3. The molecule has 1 aromatic heterocycles. The maximum atomic E-state index is 11.2. The zero-order valence-electron chi connectivity index (χ0n) is 9.47. The van der Waals surface area contributed by atoms with Crippen LogP contribution in [0, 0.1) is 0 Å². The second-order valence-corrected chi connectivity index (χ2v) is 3.81. The number of rotatable bonds is 2. The summed E-state index contributed by atoms with van der Waals surface area (Å²) in [5.74, 6) is -3.05. The highest BCUT2D eigenvalue weighted by molar-refractivity contribution is 6.31. The number of hydrogen-bond donors (Lipinski definition) is 2. The Kier molecular flexibility index (Phi) is 2.88. The second kappa shape index (κ2) is 4.36. The quantitative estimate of drug-likeness (QED) is 0.739. The molecule has 1 aromatic carbocycles. The first-order chi connectivity index (χ1) is 8.47. The van der Waals surface area contributed by atoms with Gasteiger partial charge in [-0.3, -0.25) is 9.78 Å². The number of nitrogens with one attached hydrogen (secondary N) is 1. The van der Waals surface area contributed by atoms with Crippen molar-refractivity contribution < 1.29 is 19.1 Å². The molecular formula is C11H10N2O5. The third-order valence-corrected chi connectivity index (χ3v) is 2.43. The van der Waals surface area contributed by atoms with Crippen LogP contribution in [0.3, 0.4) is 0 Å². The van der Waals surface area contributed by atoms with E-state index in [4.69, 9.17) is 9.52 Å². The van der Waals surface area contributed by atoms with Gasteiger partial charge in [0.15, 0.2) is 5.58 Å². The van der Waals surface area contributed by atoms with Gasteiger partial charge in [-0.2, -0.15) is 0 Å². The molecule has 2 aromatic rings. The monoisotopic (exact) mass is 250 g/mol. The molecule has 7 heteroatoms. The van der Waals surface area contributed by atoms with Gasteiger partial charge in [0.05, 0.1) is 5.52 Å². The summed E-state index contributed by atoms with van der Waals surface area (Å²) < 4.78 is 4.83. The summed E-state index contributed by atoms with van der Waals surface area (Å²) in [5, 5.41) is 8.55. The molecule has 94 valence electrons. The third kappa shape index (κ3) is 2.24. The van der Waals surface area contributed by atoms with E-state index in [9.17, 15) is 14.4 Å². The number of hydrogen-bond acceptors (Lipinski definition) is 4. The standard InChI is InChI=1S/C11H10N2O5/c1-13(9(14)10(15)16)5-6-2-3-8-7(4-6)12-11(17)18-8/h2-4H,5H2,1H3,(H,12,17)(H,15,16). The summed E-state index contributed by atoms with van der Waals surface area (Å²) in [5.41, 5.74) is 1.61. The van der Waals surface area contributed by atoms with Crippen LogP contribution in [0.5, 0.6) is 0 Å². The number of carbonyl (C=O) groups excluding carboxylic acids is 1. The van der Waals surface area contributed by atoms with Crippen molar-refractivity contribution in [3.63, 3.8) is 0 Å². The minimum absolute atomic E-state index is 0.133. The molecule has 0 aliphatic rings. The molecule has 0 spiro atoms. The number of aliphatic carboxylic acids is 1. The van der Waals surface area contributed by atoms with E-state index < -0.39 is 17.6 Å². The van der Waals surface area contributed by atoms with Gasteiger partial charge in [0.2, 0.25) is 0 Å². The summed E-state index contributed by atoms with van der Waals surface area (Å²) in [6.45, 7) is 0.133. The van der Waals surface area contributed by atoms with E-state index >= 15 is 0 Å². The number of amides is 1. The van der Waals surface area contributed by atoms with Gasteiger partial charge < -0.3 is 14.4 Å². The molecule has 0 unspecified atom stereocenters. The van der Waals surface area contributed by atoms with Crippen molar-refractivity contribution in [2.45, 2.75) is 6.54 Å². The molecule has 7 nitrogen and oxygen atoms in total. The highest BCUT2D eigenvalue weighted by Gasteiger charge is 2.17. The number of carboxylic acid groups (broad SMARTS) is 1. The van der Waals surface area contributed by atoms with Crippen LogP contribution in [-0.2, 0) is 16.1 Å². The number of nitrogens with zero attached hydrogens (tertiary/aromatic N) is 1. The fourth-order valence-corrected chi connectivity index (χ4v) is 1.61. The summed E-state index contributed by atoms with van der Waals surface area (Å²) in [4.78, 5) is 36.2. The van der Waals surface area contributed by atoms with Gasteiger partial charge in [-0.1, -0.05) is 6.07 Å². The van der Waals surface area contributed by atoms with Crippen LogP contribution in [0.25, 0.3) is 11.1 Å². The Labute approximate surface area is 101 Å². The van der Waals surface area contributed by atoms with E-state index in [2.05, 4.69) is 4.98 Å². The Balaban J connectivity index is 2.24. The maximum absolute atomic E-state index is 11.2. The second-order valence-electron chi connectivity index (χ2n) is 3.81. The molecule has 0 fully saturated rings. The van der Waals surface area contributed by atoms with Crippen LogP contribution >= 0.6 is 0 Å². The number of aromatic nitrogens is 1. The van der Waals surface area contributed by atoms with Gasteiger partial charge in [0, 0.05) is 13.6 Å².